The zero-order chi connectivity index (χ0) is 12.9. The highest BCUT2D eigenvalue weighted by molar-refractivity contribution is 9.10. The number of hydrogen-bond donors (Lipinski definition) is 1. The first-order valence-electron chi connectivity index (χ1n) is 6.38. The highest BCUT2D eigenvalue weighted by Crippen LogP contribution is 2.53. The zero-order valence-corrected chi connectivity index (χ0v) is 12.5. The Hall–Kier alpha value is -0.800. The van der Waals surface area contributed by atoms with Gasteiger partial charge < -0.3 is 9.73 Å². The molecule has 1 N–H and O–H groups in total. The molecule has 2 atom stereocenters. The summed E-state index contributed by atoms with van der Waals surface area (Å²) in [5.74, 6) is 1.64. The van der Waals surface area contributed by atoms with E-state index >= 15 is 0 Å². The molecular formula is C15H18BrNO. The molecule has 2 aromatic rings. The Kier molecular flexibility index (Phi) is 2.79. The van der Waals surface area contributed by atoms with Gasteiger partial charge in [0, 0.05) is 21.8 Å². The van der Waals surface area contributed by atoms with Gasteiger partial charge in [-0.1, -0.05) is 29.8 Å². The number of benzene rings is 1. The second-order valence-corrected chi connectivity index (χ2v) is 6.70. The molecule has 1 saturated carbocycles. The molecular weight excluding hydrogens is 290 g/mol. The molecule has 3 heteroatoms. The van der Waals surface area contributed by atoms with Crippen LogP contribution in [-0.4, -0.2) is 13.1 Å². The Balaban J connectivity index is 1.96. The van der Waals surface area contributed by atoms with Gasteiger partial charge in [-0.25, -0.2) is 0 Å². The van der Waals surface area contributed by atoms with Crippen LogP contribution < -0.4 is 5.32 Å². The molecule has 2 unspecified atom stereocenters. The van der Waals surface area contributed by atoms with E-state index in [2.05, 4.69) is 47.2 Å². The van der Waals surface area contributed by atoms with Crippen molar-refractivity contribution in [3.8, 4) is 0 Å². The minimum atomic E-state index is 0.264. The summed E-state index contributed by atoms with van der Waals surface area (Å²) in [6.45, 7) is 4.62. The fourth-order valence-corrected chi connectivity index (χ4v) is 3.48. The van der Waals surface area contributed by atoms with Gasteiger partial charge in [-0.15, -0.1) is 0 Å². The molecule has 18 heavy (non-hydrogen) atoms. The first-order chi connectivity index (χ1) is 8.52. The topological polar surface area (TPSA) is 25.2 Å². The molecule has 0 spiro atoms. The van der Waals surface area contributed by atoms with Crippen LogP contribution in [0.15, 0.2) is 33.2 Å². The molecule has 1 aromatic carbocycles. The second kappa shape index (κ2) is 4.10. The van der Waals surface area contributed by atoms with Crippen LogP contribution in [-0.2, 0) is 0 Å². The standard InChI is InChI=1S/C15H18BrNO/c1-15(2)11(8-14(15)17-3)13-7-9-6-10(16)4-5-12(9)18-13/h4-7,11,14,17H,8H2,1-3H3. The smallest absolute Gasteiger partial charge is 0.134 e. The molecule has 3 rings (SSSR count). The third-order valence-electron chi connectivity index (χ3n) is 4.46. The molecule has 1 aromatic heterocycles. The van der Waals surface area contributed by atoms with E-state index in [-0.39, 0.29) is 5.41 Å². The third-order valence-corrected chi connectivity index (χ3v) is 4.95. The average molecular weight is 308 g/mol. The molecule has 1 aliphatic carbocycles. The highest BCUT2D eigenvalue weighted by atomic mass is 79.9. The summed E-state index contributed by atoms with van der Waals surface area (Å²) in [7, 11) is 2.04. The Morgan fingerprint density at radius 1 is 1.33 bits per heavy atom. The third kappa shape index (κ3) is 1.72. The minimum Gasteiger partial charge on any atom is -0.461 e. The van der Waals surface area contributed by atoms with Gasteiger partial charge in [0.15, 0.2) is 0 Å². The van der Waals surface area contributed by atoms with Crippen LogP contribution in [0.4, 0.5) is 0 Å². The van der Waals surface area contributed by atoms with E-state index in [9.17, 15) is 0 Å². The van der Waals surface area contributed by atoms with Crippen molar-refractivity contribution in [2.24, 2.45) is 5.41 Å². The summed E-state index contributed by atoms with van der Waals surface area (Å²) in [6, 6.07) is 8.95. The summed E-state index contributed by atoms with van der Waals surface area (Å²) in [6.07, 6.45) is 1.16. The van der Waals surface area contributed by atoms with Gasteiger partial charge in [-0.3, -0.25) is 0 Å². The lowest BCUT2D eigenvalue weighted by molar-refractivity contribution is 0.0620. The molecule has 1 fully saturated rings. The molecule has 96 valence electrons. The first kappa shape index (κ1) is 12.2. The highest BCUT2D eigenvalue weighted by Gasteiger charge is 2.49. The Labute approximate surface area is 116 Å². The summed E-state index contributed by atoms with van der Waals surface area (Å²) in [5.41, 5.74) is 1.25. The van der Waals surface area contributed by atoms with Gasteiger partial charge >= 0.3 is 0 Å². The van der Waals surface area contributed by atoms with E-state index in [0.29, 0.717) is 12.0 Å². The Morgan fingerprint density at radius 2 is 2.11 bits per heavy atom. The van der Waals surface area contributed by atoms with Crippen LogP contribution >= 0.6 is 15.9 Å². The number of furan rings is 1. The van der Waals surface area contributed by atoms with Gasteiger partial charge in [-0.05, 0) is 43.1 Å². The number of nitrogens with one attached hydrogen (secondary N) is 1. The van der Waals surface area contributed by atoms with Crippen molar-refractivity contribution in [1.29, 1.82) is 0 Å². The summed E-state index contributed by atoms with van der Waals surface area (Å²) >= 11 is 3.50. The number of fused-ring (bicyclic) bond motifs is 1. The molecule has 1 heterocycles. The van der Waals surface area contributed by atoms with Crippen LogP contribution in [0.1, 0.15) is 31.9 Å². The van der Waals surface area contributed by atoms with Crippen molar-refractivity contribution in [3.63, 3.8) is 0 Å². The van der Waals surface area contributed by atoms with Gasteiger partial charge in [0.1, 0.15) is 11.3 Å². The van der Waals surface area contributed by atoms with E-state index in [1.165, 1.54) is 5.39 Å². The van der Waals surface area contributed by atoms with Gasteiger partial charge in [0.2, 0.25) is 0 Å². The molecule has 0 aliphatic heterocycles. The normalized spacial score (nSPS) is 26.2. The molecule has 2 nitrogen and oxygen atoms in total. The fourth-order valence-electron chi connectivity index (χ4n) is 3.10. The molecule has 0 bridgehead atoms. The maximum Gasteiger partial charge on any atom is 0.134 e. The van der Waals surface area contributed by atoms with E-state index in [4.69, 9.17) is 4.42 Å². The second-order valence-electron chi connectivity index (χ2n) is 5.78. The van der Waals surface area contributed by atoms with Crippen molar-refractivity contribution in [2.75, 3.05) is 7.05 Å². The van der Waals surface area contributed by atoms with Crippen molar-refractivity contribution >= 4 is 26.9 Å². The van der Waals surface area contributed by atoms with Crippen molar-refractivity contribution in [3.05, 3.63) is 34.5 Å². The quantitative estimate of drug-likeness (QED) is 0.895. The molecule has 1 aliphatic rings. The lowest BCUT2D eigenvalue weighted by Crippen LogP contribution is -2.54. The van der Waals surface area contributed by atoms with Crippen LogP contribution in [0.3, 0.4) is 0 Å². The van der Waals surface area contributed by atoms with Crippen molar-refractivity contribution in [1.82, 2.24) is 5.32 Å². The SMILES string of the molecule is CNC1CC(c2cc3cc(Br)ccc3o2)C1(C)C. The van der Waals surface area contributed by atoms with Gasteiger partial charge in [0.25, 0.3) is 0 Å². The average Bonchev–Trinajstić information content (AvgIpc) is 2.70. The predicted octanol–water partition coefficient (Wildman–Crippen LogP) is 4.30. The maximum absolute atomic E-state index is 6.01. The fraction of sp³-hybridized carbons (Fsp3) is 0.467. The van der Waals surface area contributed by atoms with Crippen molar-refractivity contribution in [2.45, 2.75) is 32.2 Å². The van der Waals surface area contributed by atoms with Crippen LogP contribution in [0.25, 0.3) is 11.0 Å². The summed E-state index contributed by atoms with van der Waals surface area (Å²) in [5, 5.41) is 4.57. The lowest BCUT2D eigenvalue weighted by atomic mass is 9.58. The van der Waals surface area contributed by atoms with Gasteiger partial charge in [0.05, 0.1) is 0 Å². The van der Waals surface area contributed by atoms with Crippen molar-refractivity contribution < 1.29 is 4.42 Å². The van der Waals surface area contributed by atoms with E-state index in [0.717, 1.165) is 22.2 Å². The number of halogens is 1. The number of hydrogen-bond acceptors (Lipinski definition) is 2. The molecule has 0 radical (unpaired) electrons. The monoisotopic (exact) mass is 307 g/mol. The zero-order valence-electron chi connectivity index (χ0n) is 11.0. The van der Waals surface area contributed by atoms with Crippen LogP contribution in [0.5, 0.6) is 0 Å². The Bertz CT molecular complexity index is 587. The number of rotatable bonds is 2. The maximum atomic E-state index is 6.01. The van der Waals surface area contributed by atoms with Crippen LogP contribution in [0, 0.1) is 5.41 Å². The Morgan fingerprint density at radius 3 is 2.78 bits per heavy atom. The first-order valence-corrected chi connectivity index (χ1v) is 7.18. The molecule has 0 amide bonds. The van der Waals surface area contributed by atoms with E-state index in [1.54, 1.807) is 0 Å². The largest absolute Gasteiger partial charge is 0.461 e. The predicted molar refractivity (Wildman–Crippen MR) is 77.9 cm³/mol. The summed E-state index contributed by atoms with van der Waals surface area (Å²) < 4.78 is 7.11. The summed E-state index contributed by atoms with van der Waals surface area (Å²) in [4.78, 5) is 0. The lowest BCUT2D eigenvalue weighted by Gasteiger charge is -2.51. The van der Waals surface area contributed by atoms with Crippen LogP contribution in [0.2, 0.25) is 0 Å². The minimum absolute atomic E-state index is 0.264. The van der Waals surface area contributed by atoms with E-state index in [1.807, 2.05) is 19.2 Å². The van der Waals surface area contributed by atoms with E-state index < -0.39 is 0 Å². The van der Waals surface area contributed by atoms with Gasteiger partial charge in [-0.2, -0.15) is 0 Å². The molecule has 0 saturated heterocycles.